The highest BCUT2D eigenvalue weighted by Crippen LogP contribution is 2.30. The first kappa shape index (κ1) is 39.1. The van der Waals surface area contributed by atoms with Crippen LogP contribution in [0, 0.1) is 17.8 Å². The number of hydrogen-bond acceptors (Lipinski definition) is 8. The molecule has 0 bridgehead atoms. The van der Waals surface area contributed by atoms with Crippen LogP contribution in [0.25, 0.3) is 0 Å². The van der Waals surface area contributed by atoms with E-state index in [0.29, 0.717) is 17.8 Å². The molecule has 1 aromatic heterocycles. The van der Waals surface area contributed by atoms with Crippen molar-refractivity contribution in [3.05, 3.63) is 52.0 Å². The summed E-state index contributed by atoms with van der Waals surface area (Å²) >= 11 is 1.31. The average molecular weight is 686 g/mol. The first-order valence-electron chi connectivity index (χ1n) is 17.2. The van der Waals surface area contributed by atoms with Gasteiger partial charge < -0.3 is 30.7 Å². The lowest BCUT2D eigenvalue weighted by molar-refractivity contribution is -0.141. The summed E-state index contributed by atoms with van der Waals surface area (Å²) in [6.45, 7) is 10.5. The third-order valence-electron chi connectivity index (χ3n) is 9.51. The summed E-state index contributed by atoms with van der Waals surface area (Å²) in [5, 5.41) is 21.1. The van der Waals surface area contributed by atoms with Crippen LogP contribution in [0.5, 0.6) is 0 Å². The molecule has 7 atom stereocenters. The molecule has 0 saturated carbocycles. The Labute approximate surface area is 289 Å². The van der Waals surface area contributed by atoms with Crippen LogP contribution >= 0.6 is 11.3 Å². The molecule has 0 radical (unpaired) electrons. The van der Waals surface area contributed by atoms with E-state index < -0.39 is 30.1 Å². The number of nitrogens with one attached hydrogen (secondary N) is 3. The van der Waals surface area contributed by atoms with Gasteiger partial charge in [-0.1, -0.05) is 77.8 Å². The van der Waals surface area contributed by atoms with Crippen LogP contribution in [0.15, 0.2) is 35.7 Å². The topological polar surface area (TPSA) is 150 Å². The highest BCUT2D eigenvalue weighted by Gasteiger charge is 2.36. The number of benzene rings is 1. The highest BCUT2D eigenvalue weighted by atomic mass is 32.1. The van der Waals surface area contributed by atoms with Gasteiger partial charge in [-0.2, -0.15) is 0 Å². The van der Waals surface area contributed by atoms with Crippen molar-refractivity contribution in [2.24, 2.45) is 17.8 Å². The summed E-state index contributed by atoms with van der Waals surface area (Å²) in [5.41, 5.74) is 1.23. The second-order valence-electron chi connectivity index (χ2n) is 13.5. The largest absolute Gasteiger partial charge is 0.481 e. The van der Waals surface area contributed by atoms with E-state index in [-0.39, 0.29) is 53.8 Å². The molecule has 4 N–H and O–H groups in total. The number of piperidine rings is 1. The van der Waals surface area contributed by atoms with Crippen LogP contribution in [-0.4, -0.2) is 83.6 Å². The molecular formula is C36H55N5O6S. The minimum atomic E-state index is -0.913. The standard InChI is InChI=1S/C36H55N5O6S/c1-8-23(4)31(40-32(42)27-16-12-13-17-37-27)35(44)41(6)29(22(2)3)20-30(47-7)34-39-28(21-48-34)33(43)38-26(18-24(5)36(45)46)19-25-14-10-9-11-15-25/h9-11,14-15,21-24,26-27,29-31,37H,8,12-13,16-20H2,1-7H3,(H,38,43)(H,40,42)(H,45,46)/t23-,24?,26?,27+,29+,30+,31-/m0/s1. The van der Waals surface area contributed by atoms with Gasteiger partial charge in [0.25, 0.3) is 5.91 Å². The molecule has 1 aliphatic heterocycles. The number of ether oxygens (including phenoxy) is 1. The molecule has 3 amide bonds. The zero-order chi connectivity index (χ0) is 35.4. The fourth-order valence-electron chi connectivity index (χ4n) is 6.21. The summed E-state index contributed by atoms with van der Waals surface area (Å²) in [6, 6.07) is 8.09. The van der Waals surface area contributed by atoms with E-state index in [1.807, 2.05) is 44.2 Å². The second-order valence-corrected chi connectivity index (χ2v) is 14.4. The Balaban J connectivity index is 1.73. The number of likely N-dealkylation sites (N-methyl/N-ethyl adjacent to an activating group) is 1. The number of aliphatic carboxylic acids is 1. The van der Waals surface area contributed by atoms with Crippen molar-refractivity contribution in [2.45, 2.75) is 110 Å². The smallest absolute Gasteiger partial charge is 0.306 e. The fraction of sp³-hybridized carbons (Fsp3) is 0.639. The van der Waals surface area contributed by atoms with E-state index >= 15 is 0 Å². The molecular weight excluding hydrogens is 630 g/mol. The normalized spacial score (nSPS) is 18.6. The molecule has 3 rings (SSSR count). The lowest BCUT2D eigenvalue weighted by Crippen LogP contribution is -2.57. The maximum atomic E-state index is 14.0. The van der Waals surface area contributed by atoms with E-state index in [2.05, 4.69) is 34.8 Å². The Kier molecular flexibility index (Phi) is 15.5. The summed E-state index contributed by atoms with van der Waals surface area (Å²) in [7, 11) is 3.37. The Hall–Kier alpha value is -3.35. The number of hydrogen-bond donors (Lipinski definition) is 4. The zero-order valence-electron chi connectivity index (χ0n) is 29.5. The lowest BCUT2D eigenvalue weighted by atomic mass is 9.92. The monoisotopic (exact) mass is 685 g/mol. The quantitative estimate of drug-likeness (QED) is 0.174. The number of carbonyl (C=O) groups excluding carboxylic acids is 3. The molecule has 48 heavy (non-hydrogen) atoms. The van der Waals surface area contributed by atoms with Crippen molar-refractivity contribution < 1.29 is 29.0 Å². The van der Waals surface area contributed by atoms with Crippen LogP contribution in [0.4, 0.5) is 0 Å². The van der Waals surface area contributed by atoms with Gasteiger partial charge in [0.15, 0.2) is 0 Å². The van der Waals surface area contributed by atoms with Gasteiger partial charge in [-0.25, -0.2) is 4.98 Å². The van der Waals surface area contributed by atoms with Gasteiger partial charge in [0.05, 0.1) is 12.0 Å². The van der Waals surface area contributed by atoms with Gasteiger partial charge in [-0.15, -0.1) is 11.3 Å². The number of aromatic nitrogens is 1. The van der Waals surface area contributed by atoms with Crippen LogP contribution in [-0.2, 0) is 25.5 Å². The average Bonchev–Trinajstić information content (AvgIpc) is 3.57. The SMILES string of the molecule is CC[C@H](C)[C@H](NC(=O)[C@H]1CCCCN1)C(=O)N(C)[C@H](C[C@@H](OC)c1nc(C(=O)NC(Cc2ccccc2)CC(C)C(=O)O)cs1)C(C)C. The molecule has 2 unspecified atom stereocenters. The van der Waals surface area contributed by atoms with Gasteiger partial charge in [0, 0.05) is 38.0 Å². The Bertz CT molecular complexity index is 1330. The third kappa shape index (κ3) is 11.1. The maximum absolute atomic E-state index is 14.0. The van der Waals surface area contributed by atoms with E-state index in [1.54, 1.807) is 31.4 Å². The van der Waals surface area contributed by atoms with Crippen molar-refractivity contribution in [2.75, 3.05) is 20.7 Å². The number of rotatable bonds is 18. The lowest BCUT2D eigenvalue weighted by Gasteiger charge is -2.37. The Morgan fingerprint density at radius 2 is 1.79 bits per heavy atom. The molecule has 11 nitrogen and oxygen atoms in total. The number of carbonyl (C=O) groups is 4. The van der Waals surface area contributed by atoms with E-state index in [0.717, 1.165) is 37.8 Å². The number of carboxylic acid groups (broad SMARTS) is 1. The van der Waals surface area contributed by atoms with Crippen LogP contribution in [0.2, 0.25) is 0 Å². The first-order chi connectivity index (χ1) is 22.9. The van der Waals surface area contributed by atoms with Gasteiger partial charge in [-0.3, -0.25) is 19.2 Å². The maximum Gasteiger partial charge on any atom is 0.306 e. The number of carboxylic acids is 1. The number of thiazole rings is 1. The third-order valence-corrected chi connectivity index (χ3v) is 10.4. The number of methoxy groups -OCH3 is 1. The molecule has 2 heterocycles. The molecule has 0 spiro atoms. The van der Waals surface area contributed by atoms with Crippen molar-refractivity contribution in [3.8, 4) is 0 Å². The van der Waals surface area contributed by atoms with Gasteiger partial charge >= 0.3 is 5.97 Å². The van der Waals surface area contributed by atoms with Crippen molar-refractivity contribution >= 4 is 35.0 Å². The minimum Gasteiger partial charge on any atom is -0.481 e. The summed E-state index contributed by atoms with van der Waals surface area (Å²) in [6.07, 6.45) is 4.27. The summed E-state index contributed by atoms with van der Waals surface area (Å²) < 4.78 is 5.89. The molecule has 1 saturated heterocycles. The van der Waals surface area contributed by atoms with Crippen molar-refractivity contribution in [3.63, 3.8) is 0 Å². The minimum absolute atomic E-state index is 0.0530. The molecule has 2 aromatic rings. The molecule has 266 valence electrons. The highest BCUT2D eigenvalue weighted by molar-refractivity contribution is 7.09. The van der Waals surface area contributed by atoms with Crippen LogP contribution in [0.1, 0.15) is 100 Å². The van der Waals surface area contributed by atoms with Gasteiger partial charge in [-0.05, 0) is 49.6 Å². The van der Waals surface area contributed by atoms with Crippen molar-refractivity contribution in [1.29, 1.82) is 0 Å². The van der Waals surface area contributed by atoms with E-state index in [9.17, 15) is 24.3 Å². The summed E-state index contributed by atoms with van der Waals surface area (Å²) in [5.74, 6) is -2.17. The summed E-state index contributed by atoms with van der Waals surface area (Å²) in [4.78, 5) is 58.5. The molecule has 0 aliphatic carbocycles. The number of amides is 3. The Morgan fingerprint density at radius 3 is 2.38 bits per heavy atom. The fourth-order valence-corrected chi connectivity index (χ4v) is 7.10. The van der Waals surface area contributed by atoms with Gasteiger partial charge in [0.1, 0.15) is 22.8 Å². The van der Waals surface area contributed by atoms with Crippen LogP contribution in [0.3, 0.4) is 0 Å². The predicted octanol–water partition coefficient (Wildman–Crippen LogP) is 4.83. The van der Waals surface area contributed by atoms with Crippen LogP contribution < -0.4 is 16.0 Å². The molecule has 12 heteroatoms. The second kappa shape index (κ2) is 19.0. The van der Waals surface area contributed by atoms with Crippen molar-refractivity contribution in [1.82, 2.24) is 25.8 Å². The zero-order valence-corrected chi connectivity index (χ0v) is 30.3. The first-order valence-corrected chi connectivity index (χ1v) is 18.1. The van der Waals surface area contributed by atoms with E-state index in [4.69, 9.17) is 4.74 Å². The Morgan fingerprint density at radius 1 is 1.08 bits per heavy atom. The number of nitrogens with zero attached hydrogens (tertiary/aromatic N) is 2. The van der Waals surface area contributed by atoms with Gasteiger partial charge in [0.2, 0.25) is 11.8 Å². The molecule has 1 aromatic carbocycles. The predicted molar refractivity (Wildman–Crippen MR) is 188 cm³/mol. The molecule has 1 fully saturated rings. The van der Waals surface area contributed by atoms with E-state index in [1.165, 1.54) is 11.3 Å². The molecule has 1 aliphatic rings.